The maximum Gasteiger partial charge on any atom is 0.217 e. The zero-order valence-corrected chi connectivity index (χ0v) is 18.8. The van der Waals surface area contributed by atoms with Gasteiger partial charge in [-0.05, 0) is 39.0 Å². The monoisotopic (exact) mass is 392 g/mol. The molecule has 0 aromatic heterocycles. The maximum atomic E-state index is 11.1. The highest BCUT2D eigenvalue weighted by Crippen LogP contribution is 2.22. The van der Waals surface area contributed by atoms with Gasteiger partial charge in [-0.25, -0.2) is 0 Å². The minimum atomic E-state index is 0.0616. The van der Waals surface area contributed by atoms with Gasteiger partial charge >= 0.3 is 0 Å². The van der Waals surface area contributed by atoms with E-state index in [1.807, 2.05) is 0 Å². The Hall–Kier alpha value is -1.29. The van der Waals surface area contributed by atoms with Crippen LogP contribution in [0, 0.1) is 0 Å². The molecular weight excluding hydrogens is 346 g/mol. The van der Waals surface area contributed by atoms with E-state index in [9.17, 15) is 4.79 Å². The molecule has 0 bridgehead atoms. The van der Waals surface area contributed by atoms with Crippen molar-refractivity contribution >= 4 is 5.91 Å². The maximum absolute atomic E-state index is 11.1. The highest BCUT2D eigenvalue weighted by molar-refractivity contribution is 5.72. The predicted molar refractivity (Wildman–Crippen MR) is 121 cm³/mol. The van der Waals surface area contributed by atoms with Crippen LogP contribution >= 0.6 is 0 Å². The smallest absolute Gasteiger partial charge is 0.217 e. The first kappa shape index (κ1) is 24.7. The predicted octanol–water partition coefficient (Wildman–Crippen LogP) is 5.62. The van der Waals surface area contributed by atoms with Crippen LogP contribution in [0.5, 0.6) is 0 Å². The van der Waals surface area contributed by atoms with Crippen LogP contribution in [0.1, 0.15) is 97.8 Å². The van der Waals surface area contributed by atoms with Gasteiger partial charge in [0.25, 0.3) is 0 Å². The molecule has 1 rings (SSSR count). The first-order chi connectivity index (χ1) is 13.6. The van der Waals surface area contributed by atoms with Crippen molar-refractivity contribution in [2.45, 2.75) is 104 Å². The largest absolute Gasteiger partial charge is 0.351 e. The van der Waals surface area contributed by atoms with Crippen molar-refractivity contribution in [1.29, 1.82) is 0 Å². The van der Waals surface area contributed by atoms with E-state index in [4.69, 9.17) is 0 Å². The topological polar surface area (TPSA) is 41.1 Å². The minimum Gasteiger partial charge on any atom is -0.351 e. The zero-order valence-electron chi connectivity index (χ0n) is 18.8. The van der Waals surface area contributed by atoms with Crippen molar-refractivity contribution in [1.82, 2.24) is 10.6 Å². The van der Waals surface area contributed by atoms with Gasteiger partial charge in [0.05, 0.1) is 19.3 Å². The summed E-state index contributed by atoms with van der Waals surface area (Å²) in [6.45, 7) is 8.88. The molecule has 4 heteroatoms. The molecule has 0 aromatic carbocycles. The molecule has 0 saturated carbocycles. The Morgan fingerprint density at radius 1 is 1.00 bits per heavy atom. The molecule has 1 heterocycles. The molecule has 2 unspecified atom stereocenters. The third-order valence-corrected chi connectivity index (χ3v) is 6.01. The first-order valence-corrected chi connectivity index (χ1v) is 11.8. The lowest BCUT2D eigenvalue weighted by molar-refractivity contribution is -0.898. The molecular formula is C24H46N3O+. The first-order valence-electron chi connectivity index (χ1n) is 11.8. The van der Waals surface area contributed by atoms with Crippen LogP contribution < -0.4 is 10.6 Å². The van der Waals surface area contributed by atoms with Crippen LogP contribution in [0.2, 0.25) is 0 Å². The number of rotatable bonds is 17. The van der Waals surface area contributed by atoms with Crippen LogP contribution in [0.4, 0.5) is 0 Å². The van der Waals surface area contributed by atoms with Crippen LogP contribution in [0.3, 0.4) is 0 Å². The highest BCUT2D eigenvalue weighted by Gasteiger charge is 2.36. The number of nitrogens with one attached hydrogen (secondary N) is 2. The molecule has 162 valence electrons. The van der Waals surface area contributed by atoms with E-state index in [-0.39, 0.29) is 5.91 Å². The molecule has 4 nitrogen and oxygen atoms in total. The van der Waals surface area contributed by atoms with Gasteiger partial charge in [0.2, 0.25) is 5.91 Å². The SMILES string of the molecule is CCCCCCCC/C=C/CCCCCC1NC=C[N+]1(CC)CCNC(C)=O. The number of amides is 1. The van der Waals surface area contributed by atoms with Gasteiger partial charge in [0, 0.05) is 13.3 Å². The van der Waals surface area contributed by atoms with Gasteiger partial charge in [-0.2, -0.15) is 0 Å². The second-order valence-electron chi connectivity index (χ2n) is 8.29. The average molecular weight is 393 g/mol. The molecule has 0 radical (unpaired) electrons. The molecule has 0 saturated heterocycles. The summed E-state index contributed by atoms with van der Waals surface area (Å²) in [5, 5.41) is 6.49. The van der Waals surface area contributed by atoms with Crippen molar-refractivity contribution in [3.63, 3.8) is 0 Å². The fraction of sp³-hybridized carbons (Fsp3) is 0.792. The number of nitrogens with zero attached hydrogens (tertiary/aromatic N) is 1. The molecule has 0 spiro atoms. The Balaban J connectivity index is 2.08. The van der Waals surface area contributed by atoms with Crippen molar-refractivity contribution in [3.05, 3.63) is 24.6 Å². The lowest BCUT2D eigenvalue weighted by Gasteiger charge is -2.37. The van der Waals surface area contributed by atoms with E-state index in [0.29, 0.717) is 6.17 Å². The molecule has 0 aromatic rings. The summed E-state index contributed by atoms with van der Waals surface area (Å²) in [7, 11) is 0. The summed E-state index contributed by atoms with van der Waals surface area (Å²) in [6.07, 6.45) is 25.5. The number of likely N-dealkylation sites (N-methyl/N-ethyl adjacent to an activating group) is 1. The molecule has 1 aliphatic rings. The Kier molecular flexibility index (Phi) is 13.8. The van der Waals surface area contributed by atoms with Crippen molar-refractivity contribution in [2.24, 2.45) is 0 Å². The number of carbonyl (C=O) groups is 1. The standard InChI is InChI=1S/C24H45N3O/c1-4-6-7-8-9-10-11-12-13-14-15-16-17-18-24-26-20-22-27(24,5-2)21-19-25-23(3)28/h12-13,20,22,24,26H,4-11,14-19,21H2,1-3H3/p+1/b13-12+. The number of hydrogen-bond donors (Lipinski definition) is 2. The Morgan fingerprint density at radius 3 is 2.29 bits per heavy atom. The molecule has 1 aliphatic heterocycles. The lowest BCUT2D eigenvalue weighted by atomic mass is 10.1. The summed E-state index contributed by atoms with van der Waals surface area (Å²) < 4.78 is 0.943. The quantitative estimate of drug-likeness (QED) is 0.192. The van der Waals surface area contributed by atoms with Gasteiger partial charge in [0.1, 0.15) is 12.7 Å². The second-order valence-corrected chi connectivity index (χ2v) is 8.29. The third kappa shape index (κ3) is 10.3. The number of unbranched alkanes of at least 4 members (excludes halogenated alkanes) is 9. The average Bonchev–Trinajstić information content (AvgIpc) is 3.08. The zero-order chi connectivity index (χ0) is 20.5. The number of quaternary nitrogens is 1. The van der Waals surface area contributed by atoms with Gasteiger partial charge in [-0.1, -0.05) is 57.6 Å². The van der Waals surface area contributed by atoms with Crippen LogP contribution in [0.25, 0.3) is 0 Å². The fourth-order valence-electron chi connectivity index (χ4n) is 4.10. The van der Waals surface area contributed by atoms with Gasteiger partial charge in [0.15, 0.2) is 6.17 Å². The number of allylic oxidation sites excluding steroid dienone is 2. The van der Waals surface area contributed by atoms with E-state index in [0.717, 1.165) is 24.1 Å². The van der Waals surface area contributed by atoms with Crippen molar-refractivity contribution in [3.8, 4) is 0 Å². The lowest BCUT2D eigenvalue weighted by Crippen LogP contribution is -2.55. The second kappa shape index (κ2) is 15.6. The van der Waals surface area contributed by atoms with Gasteiger partial charge < -0.3 is 10.6 Å². The van der Waals surface area contributed by atoms with Crippen molar-refractivity contribution < 1.29 is 9.28 Å². The Morgan fingerprint density at radius 2 is 1.64 bits per heavy atom. The Bertz CT molecular complexity index is 461. The minimum absolute atomic E-state index is 0.0616. The van der Waals surface area contributed by atoms with E-state index in [1.165, 1.54) is 77.0 Å². The summed E-state index contributed by atoms with van der Waals surface area (Å²) in [6, 6.07) is 0. The van der Waals surface area contributed by atoms with Gasteiger partial charge in [-0.3, -0.25) is 9.28 Å². The van der Waals surface area contributed by atoms with E-state index in [2.05, 4.69) is 49.0 Å². The van der Waals surface area contributed by atoms with Crippen molar-refractivity contribution in [2.75, 3.05) is 19.6 Å². The van der Waals surface area contributed by atoms with E-state index >= 15 is 0 Å². The van der Waals surface area contributed by atoms with Gasteiger partial charge in [-0.15, -0.1) is 0 Å². The molecule has 1 amide bonds. The molecule has 28 heavy (non-hydrogen) atoms. The fourth-order valence-corrected chi connectivity index (χ4v) is 4.10. The highest BCUT2D eigenvalue weighted by atomic mass is 16.1. The number of hydrogen-bond acceptors (Lipinski definition) is 2. The number of carbonyl (C=O) groups excluding carboxylic acids is 1. The summed E-state index contributed by atoms with van der Waals surface area (Å²) in [4.78, 5) is 11.1. The van der Waals surface area contributed by atoms with Crippen LogP contribution in [-0.4, -0.2) is 36.2 Å². The van der Waals surface area contributed by atoms with Crippen LogP contribution in [0.15, 0.2) is 24.6 Å². The van der Waals surface area contributed by atoms with E-state index in [1.54, 1.807) is 6.92 Å². The van der Waals surface area contributed by atoms with E-state index < -0.39 is 0 Å². The molecule has 2 atom stereocenters. The normalized spacial score (nSPS) is 21.3. The molecule has 0 aliphatic carbocycles. The summed E-state index contributed by atoms with van der Waals surface area (Å²) in [5.41, 5.74) is 0. The third-order valence-electron chi connectivity index (χ3n) is 6.01. The summed E-state index contributed by atoms with van der Waals surface area (Å²) in [5.74, 6) is 0.0616. The summed E-state index contributed by atoms with van der Waals surface area (Å²) >= 11 is 0. The van der Waals surface area contributed by atoms with Crippen LogP contribution in [-0.2, 0) is 4.79 Å². The molecule has 2 N–H and O–H groups in total. The molecule has 0 fully saturated rings. The Labute approximate surface area is 174 Å².